The number of nitrogens with one attached hydrogen (secondary N) is 1. The van der Waals surface area contributed by atoms with E-state index in [0.717, 1.165) is 49.6 Å². The first-order valence-corrected chi connectivity index (χ1v) is 9.17. The largest absolute Gasteiger partial charge is 0.367 e. The standard InChI is InChI=1S/C18H25N7/c1-14-13-16(22-15-5-2-3-6-15)23-18(21-14)25-11-9-24(10-12-25)17-19-7-4-8-20-17/h4,7-8,13,15H,2-3,5-6,9-12H2,1H3,(H,21,22,23). The summed E-state index contributed by atoms with van der Waals surface area (Å²) in [6, 6.07) is 4.46. The minimum atomic E-state index is 0.564. The van der Waals surface area contributed by atoms with Gasteiger partial charge in [0.2, 0.25) is 11.9 Å². The SMILES string of the molecule is Cc1cc(NC2CCCC2)nc(N2CCN(c3ncccn3)CC2)n1. The van der Waals surface area contributed by atoms with E-state index in [1.54, 1.807) is 12.4 Å². The molecule has 1 saturated carbocycles. The van der Waals surface area contributed by atoms with Crippen LogP contribution in [0.2, 0.25) is 0 Å². The zero-order valence-electron chi connectivity index (χ0n) is 14.7. The molecule has 0 unspecified atom stereocenters. The van der Waals surface area contributed by atoms with Crippen molar-refractivity contribution < 1.29 is 0 Å². The van der Waals surface area contributed by atoms with E-state index in [1.165, 1.54) is 25.7 Å². The summed E-state index contributed by atoms with van der Waals surface area (Å²) in [4.78, 5) is 22.6. The molecule has 1 N–H and O–H groups in total. The highest BCUT2D eigenvalue weighted by Crippen LogP contribution is 2.23. The maximum absolute atomic E-state index is 4.77. The second-order valence-electron chi connectivity index (χ2n) is 6.84. The van der Waals surface area contributed by atoms with Crippen LogP contribution in [-0.4, -0.2) is 52.2 Å². The molecule has 0 aromatic carbocycles. The van der Waals surface area contributed by atoms with E-state index in [2.05, 4.69) is 36.1 Å². The molecule has 0 atom stereocenters. The van der Waals surface area contributed by atoms with Gasteiger partial charge in [-0.3, -0.25) is 0 Å². The van der Waals surface area contributed by atoms with Gasteiger partial charge in [-0.15, -0.1) is 0 Å². The molecule has 25 heavy (non-hydrogen) atoms. The van der Waals surface area contributed by atoms with Crippen LogP contribution in [0, 0.1) is 6.92 Å². The first-order valence-electron chi connectivity index (χ1n) is 9.17. The Bertz CT molecular complexity index is 692. The van der Waals surface area contributed by atoms with E-state index in [-0.39, 0.29) is 0 Å². The Kier molecular flexibility index (Phi) is 4.63. The third-order valence-corrected chi connectivity index (χ3v) is 4.95. The molecule has 0 radical (unpaired) electrons. The van der Waals surface area contributed by atoms with Crippen molar-refractivity contribution in [2.45, 2.75) is 38.6 Å². The Morgan fingerprint density at radius 2 is 1.56 bits per heavy atom. The molecule has 1 aliphatic carbocycles. The summed E-state index contributed by atoms with van der Waals surface area (Å²) in [5, 5.41) is 3.59. The topological polar surface area (TPSA) is 70.1 Å². The number of anilines is 3. The lowest BCUT2D eigenvalue weighted by molar-refractivity contribution is 0.627. The van der Waals surface area contributed by atoms with Crippen LogP contribution in [0.4, 0.5) is 17.7 Å². The smallest absolute Gasteiger partial charge is 0.227 e. The predicted octanol–water partition coefficient (Wildman–Crippen LogP) is 2.26. The summed E-state index contributed by atoms with van der Waals surface area (Å²) in [6.45, 7) is 5.56. The van der Waals surface area contributed by atoms with Gasteiger partial charge in [0.05, 0.1) is 0 Å². The lowest BCUT2D eigenvalue weighted by Gasteiger charge is -2.34. The highest BCUT2D eigenvalue weighted by atomic mass is 15.4. The van der Waals surface area contributed by atoms with Gasteiger partial charge in [0.1, 0.15) is 5.82 Å². The maximum Gasteiger partial charge on any atom is 0.227 e. The van der Waals surface area contributed by atoms with Gasteiger partial charge < -0.3 is 15.1 Å². The molecule has 0 bridgehead atoms. The van der Waals surface area contributed by atoms with Gasteiger partial charge in [-0.05, 0) is 25.8 Å². The number of piperazine rings is 1. The number of rotatable bonds is 4. The van der Waals surface area contributed by atoms with Crippen LogP contribution in [-0.2, 0) is 0 Å². The first kappa shape index (κ1) is 16.1. The number of aryl methyl sites for hydroxylation is 1. The Balaban J connectivity index is 1.42. The summed E-state index contributed by atoms with van der Waals surface area (Å²) < 4.78 is 0. The molecule has 2 aromatic rings. The van der Waals surface area contributed by atoms with Crippen molar-refractivity contribution in [2.75, 3.05) is 41.3 Å². The van der Waals surface area contributed by atoms with Gasteiger partial charge in [0, 0.05) is 56.4 Å². The van der Waals surface area contributed by atoms with E-state index >= 15 is 0 Å². The Morgan fingerprint density at radius 1 is 0.920 bits per heavy atom. The summed E-state index contributed by atoms with van der Waals surface area (Å²) in [5.74, 6) is 2.59. The van der Waals surface area contributed by atoms with Crippen molar-refractivity contribution >= 4 is 17.7 Å². The van der Waals surface area contributed by atoms with Crippen molar-refractivity contribution in [3.05, 3.63) is 30.2 Å². The van der Waals surface area contributed by atoms with Crippen molar-refractivity contribution in [1.82, 2.24) is 19.9 Å². The first-order chi connectivity index (χ1) is 12.3. The molecule has 4 rings (SSSR count). The van der Waals surface area contributed by atoms with E-state index in [0.29, 0.717) is 6.04 Å². The Labute approximate surface area is 148 Å². The average molecular weight is 339 g/mol. The van der Waals surface area contributed by atoms with Crippen LogP contribution in [0.15, 0.2) is 24.5 Å². The molecule has 132 valence electrons. The minimum Gasteiger partial charge on any atom is -0.367 e. The van der Waals surface area contributed by atoms with Crippen LogP contribution in [0.3, 0.4) is 0 Å². The van der Waals surface area contributed by atoms with Gasteiger partial charge in [-0.1, -0.05) is 12.8 Å². The second-order valence-corrected chi connectivity index (χ2v) is 6.84. The zero-order valence-corrected chi connectivity index (χ0v) is 14.7. The fourth-order valence-corrected chi connectivity index (χ4v) is 3.61. The van der Waals surface area contributed by atoms with Crippen molar-refractivity contribution in [3.63, 3.8) is 0 Å². The molecular weight excluding hydrogens is 314 g/mol. The lowest BCUT2D eigenvalue weighted by Crippen LogP contribution is -2.47. The molecule has 0 spiro atoms. The van der Waals surface area contributed by atoms with Crippen LogP contribution < -0.4 is 15.1 Å². The van der Waals surface area contributed by atoms with Crippen molar-refractivity contribution in [2.24, 2.45) is 0 Å². The highest BCUT2D eigenvalue weighted by molar-refractivity contribution is 5.46. The monoisotopic (exact) mass is 339 g/mol. The zero-order chi connectivity index (χ0) is 17.1. The number of aromatic nitrogens is 4. The fourth-order valence-electron chi connectivity index (χ4n) is 3.61. The van der Waals surface area contributed by atoms with Gasteiger partial charge in [-0.2, -0.15) is 4.98 Å². The summed E-state index contributed by atoms with van der Waals surface area (Å²) in [7, 11) is 0. The van der Waals surface area contributed by atoms with E-state index in [4.69, 9.17) is 4.98 Å². The molecule has 3 heterocycles. The summed E-state index contributed by atoms with van der Waals surface area (Å²) in [6.07, 6.45) is 8.71. The van der Waals surface area contributed by atoms with Crippen molar-refractivity contribution in [1.29, 1.82) is 0 Å². The summed E-state index contributed by atoms with van der Waals surface area (Å²) in [5.41, 5.74) is 1.01. The van der Waals surface area contributed by atoms with Crippen molar-refractivity contribution in [3.8, 4) is 0 Å². The third-order valence-electron chi connectivity index (χ3n) is 4.95. The van der Waals surface area contributed by atoms with Gasteiger partial charge in [0.15, 0.2) is 0 Å². The number of nitrogens with zero attached hydrogens (tertiary/aromatic N) is 6. The van der Waals surface area contributed by atoms with Crippen LogP contribution in [0.25, 0.3) is 0 Å². The predicted molar refractivity (Wildman–Crippen MR) is 99.1 cm³/mol. The second kappa shape index (κ2) is 7.21. The molecule has 7 heteroatoms. The number of hydrogen-bond donors (Lipinski definition) is 1. The van der Waals surface area contributed by atoms with E-state index in [9.17, 15) is 0 Å². The molecule has 2 aromatic heterocycles. The Morgan fingerprint density at radius 3 is 2.24 bits per heavy atom. The van der Waals surface area contributed by atoms with E-state index < -0.39 is 0 Å². The molecule has 1 saturated heterocycles. The summed E-state index contributed by atoms with van der Waals surface area (Å²) >= 11 is 0. The molecule has 0 amide bonds. The quantitative estimate of drug-likeness (QED) is 0.916. The van der Waals surface area contributed by atoms with Crippen LogP contribution in [0.1, 0.15) is 31.4 Å². The molecule has 1 aliphatic heterocycles. The van der Waals surface area contributed by atoms with Crippen LogP contribution in [0.5, 0.6) is 0 Å². The van der Waals surface area contributed by atoms with Gasteiger partial charge in [-0.25, -0.2) is 15.0 Å². The van der Waals surface area contributed by atoms with Gasteiger partial charge in [0.25, 0.3) is 0 Å². The fraction of sp³-hybridized carbons (Fsp3) is 0.556. The minimum absolute atomic E-state index is 0.564. The highest BCUT2D eigenvalue weighted by Gasteiger charge is 2.22. The van der Waals surface area contributed by atoms with Gasteiger partial charge >= 0.3 is 0 Å². The molecular formula is C18H25N7. The molecule has 2 fully saturated rings. The Hall–Kier alpha value is -2.44. The average Bonchev–Trinajstić information content (AvgIpc) is 3.15. The molecule has 2 aliphatic rings. The number of hydrogen-bond acceptors (Lipinski definition) is 7. The normalized spacial score (nSPS) is 18.6. The lowest BCUT2D eigenvalue weighted by atomic mass is 10.2. The van der Waals surface area contributed by atoms with E-state index in [1.807, 2.05) is 13.0 Å². The molecule has 7 nitrogen and oxygen atoms in total. The third kappa shape index (κ3) is 3.81. The van der Waals surface area contributed by atoms with Crippen LogP contribution >= 0.6 is 0 Å². The maximum atomic E-state index is 4.77.